The average molecular weight is 1160 g/mol. The number of hydrogen-bond donors (Lipinski definition) is 1. The van der Waals surface area contributed by atoms with Gasteiger partial charge in [0.25, 0.3) is 7.82 Å². The number of carbonyl (C=O) groups excluding carboxylic acids is 2. The first-order valence-corrected chi connectivity index (χ1v) is 35.7. The number of unbranched alkanes of at least 4 members (excludes halogenated alkanes) is 36. The first kappa shape index (κ1) is 78.5. The molecule has 0 aromatic carbocycles. The summed E-state index contributed by atoms with van der Waals surface area (Å²) < 4.78 is 30.4. The van der Waals surface area contributed by atoms with E-state index in [1.54, 1.807) is 0 Å². The number of esters is 1. The van der Waals surface area contributed by atoms with Gasteiger partial charge in [0.15, 0.2) is 0 Å². The van der Waals surface area contributed by atoms with Crippen LogP contribution in [0.3, 0.4) is 0 Å². The van der Waals surface area contributed by atoms with Crippen LogP contribution >= 0.6 is 7.82 Å². The number of nitrogens with zero attached hydrogens (tertiary/aromatic N) is 1. The van der Waals surface area contributed by atoms with Gasteiger partial charge >= 0.3 is 5.97 Å². The number of carbonyl (C=O) groups is 2. The molecule has 1 amide bonds. The number of hydrogen-bond acceptors (Lipinski definition) is 7. The topological polar surface area (TPSA) is 114 Å². The average Bonchev–Trinajstić information content (AvgIpc) is 3.44. The van der Waals surface area contributed by atoms with Crippen LogP contribution in [0.1, 0.15) is 316 Å². The van der Waals surface area contributed by atoms with Crippen LogP contribution in [0.2, 0.25) is 0 Å². The molecule has 3 atom stereocenters. The largest absolute Gasteiger partial charge is 0.756 e. The molecule has 0 aromatic rings. The Morgan fingerprint density at radius 3 is 1.19 bits per heavy atom. The second-order valence-electron chi connectivity index (χ2n) is 24.3. The zero-order chi connectivity index (χ0) is 59.3. The van der Waals surface area contributed by atoms with Gasteiger partial charge in [0.1, 0.15) is 19.3 Å². The number of phosphoric ester groups is 1. The Morgan fingerprint density at radius 2 is 0.765 bits per heavy atom. The molecule has 0 aliphatic carbocycles. The minimum Gasteiger partial charge on any atom is -0.756 e. The van der Waals surface area contributed by atoms with Gasteiger partial charge in [-0.3, -0.25) is 14.2 Å². The van der Waals surface area contributed by atoms with Gasteiger partial charge < -0.3 is 28.5 Å². The molecular formula is C71H131N2O7P. The van der Waals surface area contributed by atoms with Gasteiger partial charge in [0.2, 0.25) is 5.91 Å². The van der Waals surface area contributed by atoms with Crippen molar-refractivity contribution in [3.05, 3.63) is 72.9 Å². The summed E-state index contributed by atoms with van der Waals surface area (Å²) in [5.74, 6) is -0.598. The first-order valence-electron chi connectivity index (χ1n) is 34.2. The lowest BCUT2D eigenvalue weighted by Gasteiger charge is -2.30. The van der Waals surface area contributed by atoms with Crippen molar-refractivity contribution in [2.75, 3.05) is 40.9 Å². The van der Waals surface area contributed by atoms with Crippen LogP contribution in [-0.2, 0) is 27.9 Å². The highest BCUT2D eigenvalue weighted by Gasteiger charge is 2.27. The summed E-state index contributed by atoms with van der Waals surface area (Å²) in [7, 11) is 1.16. The molecule has 9 nitrogen and oxygen atoms in total. The molecule has 0 rings (SSSR count). The van der Waals surface area contributed by atoms with E-state index in [9.17, 15) is 19.0 Å². The highest BCUT2D eigenvalue weighted by molar-refractivity contribution is 7.45. The Bertz CT molecular complexity index is 1620. The molecule has 0 saturated carbocycles. The van der Waals surface area contributed by atoms with Crippen LogP contribution in [0.15, 0.2) is 72.9 Å². The Hall–Kier alpha value is -2.55. The van der Waals surface area contributed by atoms with Crippen LogP contribution in [0, 0.1) is 0 Å². The standard InChI is InChI=1S/C71H131N2O7P/c1-7-10-13-16-19-22-25-28-30-32-33-34-35-36-37-38-39-41-42-45-48-51-54-57-60-63-70(74)72-68(67-79-81(76,77)78-66-65-73(4,5)6)69(62-59-56-53-50-47-44-27-24-21-18-15-12-9-3)80-71(75)64-61-58-55-52-49-46-43-40-31-29-26-23-20-17-14-11-8-2/h20,23,28-31,43,46,52,55,59,62,68-69H,7-19,21-22,24-27,32-42,44-45,47-51,53-54,56-58,60-61,63-67H2,1-6H3,(H-,72,74,76,77)/b23-20-,30-28+,31-29-,46-43-,55-52-,62-59-. The van der Waals surface area contributed by atoms with Gasteiger partial charge in [0.05, 0.1) is 33.8 Å². The van der Waals surface area contributed by atoms with E-state index in [1.807, 2.05) is 33.3 Å². The molecule has 0 fully saturated rings. The minimum absolute atomic E-state index is 0.0316. The van der Waals surface area contributed by atoms with Gasteiger partial charge in [0, 0.05) is 12.8 Å². The summed E-state index contributed by atoms with van der Waals surface area (Å²) in [6.07, 6.45) is 78.9. The minimum atomic E-state index is -4.72. The Balaban J connectivity index is 5.17. The van der Waals surface area contributed by atoms with E-state index in [0.29, 0.717) is 23.9 Å². The van der Waals surface area contributed by atoms with Crippen molar-refractivity contribution < 1.29 is 37.3 Å². The van der Waals surface area contributed by atoms with Crippen LogP contribution < -0.4 is 10.2 Å². The molecular weight excluding hydrogens is 1020 g/mol. The predicted octanol–water partition coefficient (Wildman–Crippen LogP) is 20.9. The van der Waals surface area contributed by atoms with E-state index in [-0.39, 0.29) is 18.9 Å². The number of nitrogens with one attached hydrogen (secondary N) is 1. The fraction of sp³-hybridized carbons (Fsp3) is 0.803. The fourth-order valence-electron chi connectivity index (χ4n) is 9.81. The van der Waals surface area contributed by atoms with Gasteiger partial charge in [-0.15, -0.1) is 0 Å². The van der Waals surface area contributed by atoms with Gasteiger partial charge in [-0.05, 0) is 96.0 Å². The van der Waals surface area contributed by atoms with Crippen molar-refractivity contribution in [3.8, 4) is 0 Å². The van der Waals surface area contributed by atoms with Crippen molar-refractivity contribution in [1.29, 1.82) is 0 Å². The van der Waals surface area contributed by atoms with Gasteiger partial charge in [-0.2, -0.15) is 0 Å². The summed E-state index contributed by atoms with van der Waals surface area (Å²) in [6.45, 7) is 6.81. The van der Waals surface area contributed by atoms with Crippen molar-refractivity contribution in [2.24, 2.45) is 0 Å². The third-order valence-electron chi connectivity index (χ3n) is 15.1. The molecule has 0 spiro atoms. The molecule has 0 aliphatic rings. The van der Waals surface area contributed by atoms with Gasteiger partial charge in [-0.25, -0.2) is 0 Å². The molecule has 0 saturated heterocycles. The molecule has 0 bridgehead atoms. The maximum atomic E-state index is 13.6. The van der Waals surface area contributed by atoms with Crippen molar-refractivity contribution in [3.63, 3.8) is 0 Å². The van der Waals surface area contributed by atoms with Crippen molar-refractivity contribution >= 4 is 19.7 Å². The second kappa shape index (κ2) is 60.6. The SMILES string of the molecule is CCCCC/C=C\C/C=C\C/C=C\C/C=C\CCCC(=O)OC(/C=C\CCCCCCCCCCCCC)C(COP(=O)([O-])OCC[N+](C)(C)C)NC(=O)CCCCCCCCCCCCCCCCC/C=C/CCCCCCCC. The second-order valence-corrected chi connectivity index (χ2v) is 25.7. The van der Waals surface area contributed by atoms with Crippen LogP contribution in [0.4, 0.5) is 0 Å². The van der Waals surface area contributed by atoms with E-state index in [2.05, 4.69) is 86.8 Å². The number of phosphoric acid groups is 1. The number of quaternary nitrogens is 1. The Labute approximate surface area is 502 Å². The maximum absolute atomic E-state index is 13.6. The van der Waals surface area contributed by atoms with Crippen LogP contribution in [-0.4, -0.2) is 69.4 Å². The summed E-state index contributed by atoms with van der Waals surface area (Å²) in [5.41, 5.74) is 0. The van der Waals surface area contributed by atoms with E-state index in [4.69, 9.17) is 13.8 Å². The lowest BCUT2D eigenvalue weighted by atomic mass is 10.0. The Morgan fingerprint density at radius 1 is 0.432 bits per heavy atom. The fourth-order valence-corrected chi connectivity index (χ4v) is 10.5. The molecule has 3 unspecified atom stereocenters. The predicted molar refractivity (Wildman–Crippen MR) is 348 cm³/mol. The summed E-state index contributed by atoms with van der Waals surface area (Å²) in [6, 6.07) is -0.912. The number of amides is 1. The van der Waals surface area contributed by atoms with Crippen molar-refractivity contribution in [2.45, 2.75) is 328 Å². The van der Waals surface area contributed by atoms with E-state index < -0.39 is 32.5 Å². The van der Waals surface area contributed by atoms with Crippen LogP contribution in [0.5, 0.6) is 0 Å². The third-order valence-corrected chi connectivity index (χ3v) is 16.1. The van der Waals surface area contributed by atoms with Gasteiger partial charge in [-0.1, -0.05) is 280 Å². The molecule has 0 aliphatic heterocycles. The van der Waals surface area contributed by atoms with Crippen LogP contribution in [0.25, 0.3) is 0 Å². The number of ether oxygens (including phenoxy) is 1. The normalized spacial score (nSPS) is 14.0. The summed E-state index contributed by atoms with van der Waals surface area (Å²) in [4.78, 5) is 40.1. The number of likely N-dealkylation sites (N-methyl/N-ethyl adjacent to an activating group) is 1. The molecule has 81 heavy (non-hydrogen) atoms. The van der Waals surface area contributed by atoms with Crippen molar-refractivity contribution in [1.82, 2.24) is 5.32 Å². The molecule has 10 heteroatoms. The third kappa shape index (κ3) is 61.8. The zero-order valence-corrected chi connectivity index (χ0v) is 54.9. The van der Waals surface area contributed by atoms with E-state index in [1.165, 1.54) is 212 Å². The smallest absolute Gasteiger partial charge is 0.306 e. The van der Waals surface area contributed by atoms with E-state index >= 15 is 0 Å². The highest BCUT2D eigenvalue weighted by atomic mass is 31.2. The quantitative estimate of drug-likeness (QED) is 0.0212. The summed E-state index contributed by atoms with van der Waals surface area (Å²) in [5, 5.41) is 3.03. The molecule has 0 aromatic heterocycles. The number of allylic oxidation sites excluding steroid dienone is 11. The summed E-state index contributed by atoms with van der Waals surface area (Å²) >= 11 is 0. The molecule has 472 valence electrons. The highest BCUT2D eigenvalue weighted by Crippen LogP contribution is 2.38. The first-order chi connectivity index (χ1) is 39.4. The monoisotopic (exact) mass is 1150 g/mol. The van der Waals surface area contributed by atoms with E-state index in [0.717, 1.165) is 64.2 Å². The zero-order valence-electron chi connectivity index (χ0n) is 54.0. The lowest BCUT2D eigenvalue weighted by molar-refractivity contribution is -0.870. The molecule has 0 radical (unpaired) electrons. The lowest BCUT2D eigenvalue weighted by Crippen LogP contribution is -2.47. The molecule has 1 N–H and O–H groups in total. The number of rotatable bonds is 62. The maximum Gasteiger partial charge on any atom is 0.306 e. The molecule has 0 heterocycles. The Kier molecular flexibility index (Phi) is 58.7.